The molecular formula is C16H21F4N. The number of nitrogens with one attached hydrogen (secondary N) is 1. The summed E-state index contributed by atoms with van der Waals surface area (Å²) in [6.07, 6.45) is -2.64. The Morgan fingerprint density at radius 3 is 2.52 bits per heavy atom. The van der Waals surface area contributed by atoms with Crippen LogP contribution in [0.5, 0.6) is 0 Å². The highest BCUT2D eigenvalue weighted by molar-refractivity contribution is 5.33. The minimum absolute atomic E-state index is 0.0304. The Balaban J connectivity index is 3.14. The van der Waals surface area contributed by atoms with Gasteiger partial charge in [0.1, 0.15) is 5.82 Å². The molecule has 1 unspecified atom stereocenters. The standard InChI is InChI=1S/C16H21F4N/c1-4-9-21-15(8-5-11(2)3)13-10-12(17)6-7-14(13)16(18,19)20/h6-7,10,15,21H,2,4-5,8-9H2,1,3H3. The molecule has 1 aromatic rings. The van der Waals surface area contributed by atoms with E-state index in [2.05, 4.69) is 11.9 Å². The van der Waals surface area contributed by atoms with E-state index in [1.54, 1.807) is 0 Å². The van der Waals surface area contributed by atoms with E-state index in [-0.39, 0.29) is 5.56 Å². The zero-order valence-electron chi connectivity index (χ0n) is 12.4. The predicted octanol–water partition coefficient (Wildman–Crippen LogP) is 5.24. The molecule has 0 fully saturated rings. The van der Waals surface area contributed by atoms with Gasteiger partial charge in [0.25, 0.3) is 0 Å². The number of halogens is 4. The van der Waals surface area contributed by atoms with E-state index in [9.17, 15) is 17.6 Å². The summed E-state index contributed by atoms with van der Waals surface area (Å²) >= 11 is 0. The van der Waals surface area contributed by atoms with Crippen molar-refractivity contribution in [1.82, 2.24) is 5.32 Å². The van der Waals surface area contributed by atoms with Gasteiger partial charge < -0.3 is 5.32 Å². The lowest BCUT2D eigenvalue weighted by molar-refractivity contribution is -0.138. The Hall–Kier alpha value is -1.36. The maximum absolute atomic E-state index is 13.4. The molecule has 0 saturated heterocycles. The van der Waals surface area contributed by atoms with E-state index >= 15 is 0 Å². The third-order valence-electron chi connectivity index (χ3n) is 3.19. The highest BCUT2D eigenvalue weighted by Gasteiger charge is 2.35. The molecule has 21 heavy (non-hydrogen) atoms. The summed E-state index contributed by atoms with van der Waals surface area (Å²) in [6, 6.07) is 2.11. The van der Waals surface area contributed by atoms with Crippen LogP contribution in [0.4, 0.5) is 17.6 Å². The normalized spacial score (nSPS) is 13.2. The highest BCUT2D eigenvalue weighted by Crippen LogP contribution is 2.36. The van der Waals surface area contributed by atoms with E-state index in [0.717, 1.165) is 30.2 Å². The molecule has 5 heteroatoms. The molecule has 1 N–H and O–H groups in total. The van der Waals surface area contributed by atoms with Gasteiger partial charge in [-0.25, -0.2) is 4.39 Å². The Kier molecular flexibility index (Phi) is 6.40. The second-order valence-electron chi connectivity index (χ2n) is 5.23. The molecule has 0 aliphatic rings. The lowest BCUT2D eigenvalue weighted by Crippen LogP contribution is -2.25. The molecule has 0 heterocycles. The molecule has 1 aromatic carbocycles. The maximum atomic E-state index is 13.4. The van der Waals surface area contributed by atoms with E-state index in [1.807, 2.05) is 13.8 Å². The lowest BCUT2D eigenvalue weighted by atomic mass is 9.94. The fourth-order valence-electron chi connectivity index (χ4n) is 2.16. The van der Waals surface area contributed by atoms with Crippen LogP contribution in [0.15, 0.2) is 30.4 Å². The van der Waals surface area contributed by atoms with Crippen molar-refractivity contribution in [3.63, 3.8) is 0 Å². The van der Waals surface area contributed by atoms with Crippen molar-refractivity contribution in [3.8, 4) is 0 Å². The number of alkyl halides is 3. The summed E-state index contributed by atoms with van der Waals surface area (Å²) in [4.78, 5) is 0. The summed E-state index contributed by atoms with van der Waals surface area (Å²) in [5.74, 6) is -0.656. The summed E-state index contributed by atoms with van der Waals surface area (Å²) < 4.78 is 52.7. The molecule has 1 nitrogen and oxygen atoms in total. The monoisotopic (exact) mass is 303 g/mol. The van der Waals surface area contributed by atoms with Gasteiger partial charge in [-0.3, -0.25) is 0 Å². The number of allylic oxidation sites excluding steroid dienone is 1. The van der Waals surface area contributed by atoms with Crippen molar-refractivity contribution in [2.24, 2.45) is 0 Å². The average Bonchev–Trinajstić information content (AvgIpc) is 2.37. The van der Waals surface area contributed by atoms with Gasteiger partial charge in [0.2, 0.25) is 0 Å². The van der Waals surface area contributed by atoms with Gasteiger partial charge in [-0.2, -0.15) is 13.2 Å². The Bertz CT molecular complexity index is 480. The number of hydrogen-bond acceptors (Lipinski definition) is 1. The molecule has 1 atom stereocenters. The molecule has 118 valence electrons. The minimum Gasteiger partial charge on any atom is -0.310 e. The third kappa shape index (κ3) is 5.50. The van der Waals surface area contributed by atoms with Crippen LogP contribution in [0.1, 0.15) is 50.3 Å². The molecule has 0 aliphatic carbocycles. The van der Waals surface area contributed by atoms with Crippen LogP contribution in [0, 0.1) is 5.82 Å². The van der Waals surface area contributed by atoms with Crippen LogP contribution < -0.4 is 5.32 Å². The van der Waals surface area contributed by atoms with Gasteiger partial charge in [-0.1, -0.05) is 12.5 Å². The largest absolute Gasteiger partial charge is 0.416 e. The zero-order chi connectivity index (χ0) is 16.0. The fourth-order valence-corrected chi connectivity index (χ4v) is 2.16. The van der Waals surface area contributed by atoms with E-state index in [0.29, 0.717) is 19.4 Å². The first-order valence-corrected chi connectivity index (χ1v) is 7.00. The van der Waals surface area contributed by atoms with Crippen LogP contribution >= 0.6 is 0 Å². The van der Waals surface area contributed by atoms with Crippen LogP contribution in [0.25, 0.3) is 0 Å². The minimum atomic E-state index is -4.49. The van der Waals surface area contributed by atoms with Crippen molar-refractivity contribution >= 4 is 0 Å². The molecule has 1 rings (SSSR count). The third-order valence-corrected chi connectivity index (χ3v) is 3.19. The summed E-state index contributed by atoms with van der Waals surface area (Å²) in [7, 11) is 0. The number of rotatable bonds is 7. The van der Waals surface area contributed by atoms with Crippen LogP contribution in [-0.4, -0.2) is 6.54 Å². The second kappa shape index (κ2) is 7.59. The van der Waals surface area contributed by atoms with Crippen molar-refractivity contribution < 1.29 is 17.6 Å². The lowest BCUT2D eigenvalue weighted by Gasteiger charge is -2.23. The van der Waals surface area contributed by atoms with Gasteiger partial charge in [0, 0.05) is 6.04 Å². The Labute approximate surface area is 123 Å². The first-order chi connectivity index (χ1) is 9.75. The molecule has 0 aliphatic heterocycles. The fraction of sp³-hybridized carbons (Fsp3) is 0.500. The van der Waals surface area contributed by atoms with Crippen LogP contribution in [0.3, 0.4) is 0 Å². The number of benzene rings is 1. The molecule has 0 spiro atoms. The van der Waals surface area contributed by atoms with Gasteiger partial charge in [0.15, 0.2) is 0 Å². The van der Waals surface area contributed by atoms with E-state index in [1.165, 1.54) is 0 Å². The molecule has 0 amide bonds. The van der Waals surface area contributed by atoms with Crippen LogP contribution in [0.2, 0.25) is 0 Å². The van der Waals surface area contributed by atoms with E-state index in [4.69, 9.17) is 0 Å². The zero-order valence-corrected chi connectivity index (χ0v) is 12.4. The first-order valence-electron chi connectivity index (χ1n) is 7.00. The highest BCUT2D eigenvalue weighted by atomic mass is 19.4. The first kappa shape index (κ1) is 17.7. The summed E-state index contributed by atoms with van der Waals surface area (Å²) in [6.45, 7) is 8.10. The van der Waals surface area contributed by atoms with Crippen molar-refractivity contribution in [3.05, 3.63) is 47.3 Å². The second-order valence-corrected chi connectivity index (χ2v) is 5.23. The van der Waals surface area contributed by atoms with Crippen molar-refractivity contribution in [2.45, 2.75) is 45.3 Å². The quantitative estimate of drug-likeness (QED) is 0.536. The van der Waals surface area contributed by atoms with Crippen molar-refractivity contribution in [1.29, 1.82) is 0 Å². The maximum Gasteiger partial charge on any atom is 0.416 e. The van der Waals surface area contributed by atoms with Crippen LogP contribution in [-0.2, 0) is 6.18 Å². The van der Waals surface area contributed by atoms with E-state index < -0.39 is 23.6 Å². The summed E-state index contributed by atoms with van der Waals surface area (Å²) in [5, 5.41) is 3.07. The van der Waals surface area contributed by atoms with Gasteiger partial charge in [-0.05, 0) is 56.5 Å². The van der Waals surface area contributed by atoms with Gasteiger partial charge in [-0.15, -0.1) is 6.58 Å². The SMILES string of the molecule is C=C(C)CCC(NCCC)c1cc(F)ccc1C(F)(F)F. The Morgan fingerprint density at radius 2 is 2.00 bits per heavy atom. The number of hydrogen-bond donors (Lipinski definition) is 1. The smallest absolute Gasteiger partial charge is 0.310 e. The predicted molar refractivity (Wildman–Crippen MR) is 76.5 cm³/mol. The van der Waals surface area contributed by atoms with Gasteiger partial charge in [0.05, 0.1) is 5.56 Å². The average molecular weight is 303 g/mol. The molecule has 0 bridgehead atoms. The molecule has 0 radical (unpaired) electrons. The molecule has 0 saturated carbocycles. The molecule has 0 aromatic heterocycles. The Morgan fingerprint density at radius 1 is 1.33 bits per heavy atom. The summed E-state index contributed by atoms with van der Waals surface area (Å²) in [5.41, 5.74) is 0.0830. The van der Waals surface area contributed by atoms with Gasteiger partial charge >= 0.3 is 6.18 Å². The molecular weight excluding hydrogens is 282 g/mol. The van der Waals surface area contributed by atoms with Crippen molar-refractivity contribution in [2.75, 3.05) is 6.54 Å². The topological polar surface area (TPSA) is 12.0 Å².